The average molecular weight is 463 g/mol. The summed E-state index contributed by atoms with van der Waals surface area (Å²) in [5, 5.41) is 20.4. The van der Waals surface area contributed by atoms with Crippen LogP contribution >= 0.6 is 0 Å². The van der Waals surface area contributed by atoms with Crippen molar-refractivity contribution in [2.45, 2.75) is 0 Å². The van der Waals surface area contributed by atoms with Gasteiger partial charge in [0.15, 0.2) is 5.75 Å². The van der Waals surface area contributed by atoms with E-state index in [0.29, 0.717) is 22.3 Å². The lowest BCUT2D eigenvalue weighted by molar-refractivity contribution is 0.107. The zero-order chi connectivity index (χ0) is 24.0. The Morgan fingerprint density at radius 1 is 0.639 bits per heavy atom. The molecule has 2 N–H and O–H groups in total. The van der Waals surface area contributed by atoms with Crippen LogP contribution in [-0.2, 0) is 0 Å². The predicted molar refractivity (Wildman–Crippen MR) is 147 cm³/mol. The molecular formula is C32H18N2O2. The molecule has 4 heteroatoms. The minimum Gasteiger partial charge on any atom is -0.505 e. The molecular weight excluding hydrogens is 444 g/mol. The number of ketones is 1. The number of fused-ring (bicyclic) bond motifs is 8. The van der Waals surface area contributed by atoms with Gasteiger partial charge in [0.25, 0.3) is 0 Å². The molecule has 36 heavy (non-hydrogen) atoms. The van der Waals surface area contributed by atoms with Crippen molar-refractivity contribution in [2.75, 3.05) is 0 Å². The van der Waals surface area contributed by atoms with Gasteiger partial charge in [-0.3, -0.25) is 4.79 Å². The fourth-order valence-corrected chi connectivity index (χ4v) is 5.66. The first kappa shape index (κ1) is 19.4. The van der Waals surface area contributed by atoms with Crippen LogP contribution in [0.5, 0.6) is 5.75 Å². The summed E-state index contributed by atoms with van der Waals surface area (Å²) in [6.45, 7) is 0. The van der Waals surface area contributed by atoms with E-state index in [-0.39, 0.29) is 17.2 Å². The standard InChI is InChI=1S/C32H18N2O2/c35-31-27-23-15-19-7-3-1-5-17(19)13-21(23)9-11-25(27)33-29(31)30-32(36)28-24-16-20-8-4-2-6-18(20)14-22(24)10-12-26(28)34-30/h1-16,33,35H. The minimum atomic E-state index is -0.178. The third-order valence-electron chi connectivity index (χ3n) is 7.39. The van der Waals surface area contributed by atoms with Gasteiger partial charge in [0.2, 0.25) is 5.78 Å². The number of carbonyl (C=O) groups excluding carboxylic acids is 1. The lowest BCUT2D eigenvalue weighted by atomic mass is 9.96. The summed E-state index contributed by atoms with van der Waals surface area (Å²) in [6.07, 6.45) is 0. The lowest BCUT2D eigenvalue weighted by Crippen LogP contribution is -2.12. The van der Waals surface area contributed by atoms with Crippen LogP contribution in [0.2, 0.25) is 0 Å². The fraction of sp³-hybridized carbons (Fsp3) is 0. The molecule has 0 unspecified atom stereocenters. The molecule has 8 rings (SSSR count). The van der Waals surface area contributed by atoms with Gasteiger partial charge in [0.05, 0.1) is 16.8 Å². The Bertz CT molecular complexity index is 2130. The highest BCUT2D eigenvalue weighted by molar-refractivity contribution is 6.57. The zero-order valence-electron chi connectivity index (χ0n) is 19.0. The van der Waals surface area contributed by atoms with E-state index in [4.69, 9.17) is 4.99 Å². The van der Waals surface area contributed by atoms with Gasteiger partial charge in [-0.25, -0.2) is 4.99 Å². The molecule has 0 saturated heterocycles. The van der Waals surface area contributed by atoms with Gasteiger partial charge >= 0.3 is 0 Å². The first-order valence-corrected chi connectivity index (χ1v) is 11.9. The summed E-state index contributed by atoms with van der Waals surface area (Å²) in [5.41, 5.74) is 2.59. The number of aliphatic imine (C=N–C) groups is 1. The van der Waals surface area contributed by atoms with Crippen molar-refractivity contribution >= 4 is 71.2 Å². The normalized spacial score (nSPS) is 13.3. The fourth-order valence-electron chi connectivity index (χ4n) is 5.66. The Morgan fingerprint density at radius 3 is 1.92 bits per heavy atom. The van der Waals surface area contributed by atoms with Crippen LogP contribution in [0.3, 0.4) is 0 Å². The predicted octanol–water partition coefficient (Wildman–Crippen LogP) is 7.80. The number of H-pyrrole nitrogens is 1. The minimum absolute atomic E-state index is 0.0561. The smallest absolute Gasteiger partial charge is 0.216 e. The van der Waals surface area contributed by atoms with Gasteiger partial charge in [0, 0.05) is 5.39 Å². The van der Waals surface area contributed by atoms with Crippen LogP contribution in [0.4, 0.5) is 5.69 Å². The van der Waals surface area contributed by atoms with Crippen molar-refractivity contribution < 1.29 is 9.90 Å². The van der Waals surface area contributed by atoms with E-state index in [1.165, 1.54) is 0 Å². The number of rotatable bonds is 1. The number of aromatic hydroxyl groups is 1. The summed E-state index contributed by atoms with van der Waals surface area (Å²) in [4.78, 5) is 21.7. The molecule has 0 atom stereocenters. The van der Waals surface area contributed by atoms with Crippen LogP contribution in [0.25, 0.3) is 54.0 Å². The van der Waals surface area contributed by atoms with E-state index >= 15 is 0 Å². The molecule has 0 spiro atoms. The van der Waals surface area contributed by atoms with Gasteiger partial charge in [-0.15, -0.1) is 0 Å². The van der Waals surface area contributed by atoms with Gasteiger partial charge in [0.1, 0.15) is 11.4 Å². The van der Waals surface area contributed by atoms with Crippen molar-refractivity contribution in [3.8, 4) is 5.75 Å². The van der Waals surface area contributed by atoms with Crippen molar-refractivity contribution in [2.24, 2.45) is 4.99 Å². The third-order valence-corrected chi connectivity index (χ3v) is 7.39. The Balaban J connectivity index is 1.34. The highest BCUT2D eigenvalue weighted by Crippen LogP contribution is 2.41. The van der Waals surface area contributed by atoms with E-state index in [1.807, 2.05) is 54.6 Å². The molecule has 0 fully saturated rings. The van der Waals surface area contributed by atoms with Gasteiger partial charge in [-0.05, 0) is 79.5 Å². The highest BCUT2D eigenvalue weighted by atomic mass is 16.3. The SMILES string of the molecule is O=C1C(c2[nH]c3ccc4cc5ccccc5cc4c3c2O)=Nc2ccc3cc4ccccc4cc3c21. The van der Waals surface area contributed by atoms with E-state index in [1.54, 1.807) is 0 Å². The number of carbonyl (C=O) groups is 1. The average Bonchev–Trinajstić information content (AvgIpc) is 3.42. The van der Waals surface area contributed by atoms with Crippen molar-refractivity contribution in [3.05, 3.63) is 108 Å². The van der Waals surface area contributed by atoms with Crippen molar-refractivity contribution in [3.63, 3.8) is 0 Å². The number of aromatic nitrogens is 1. The molecule has 0 bridgehead atoms. The molecule has 7 aromatic rings. The number of hydrogen-bond donors (Lipinski definition) is 2. The number of hydrogen-bond acceptors (Lipinski definition) is 3. The first-order chi connectivity index (χ1) is 17.7. The van der Waals surface area contributed by atoms with Gasteiger partial charge < -0.3 is 10.1 Å². The Labute approximate surface area is 205 Å². The first-order valence-electron chi connectivity index (χ1n) is 11.9. The summed E-state index contributed by atoms with van der Waals surface area (Å²) in [6, 6.07) is 32.6. The number of benzene rings is 6. The lowest BCUT2D eigenvalue weighted by Gasteiger charge is -2.06. The molecule has 2 heterocycles. The van der Waals surface area contributed by atoms with Crippen LogP contribution in [0.1, 0.15) is 16.1 Å². The summed E-state index contributed by atoms with van der Waals surface area (Å²) >= 11 is 0. The maximum Gasteiger partial charge on any atom is 0.216 e. The molecule has 1 aromatic heterocycles. The monoisotopic (exact) mass is 462 g/mol. The van der Waals surface area contributed by atoms with E-state index in [0.717, 1.165) is 48.6 Å². The molecule has 1 aliphatic heterocycles. The molecule has 4 nitrogen and oxygen atoms in total. The van der Waals surface area contributed by atoms with Gasteiger partial charge in [-0.1, -0.05) is 60.7 Å². The number of Topliss-reactive ketones (excluding diaryl/α,β-unsaturated/α-hetero) is 1. The molecule has 6 aromatic carbocycles. The Morgan fingerprint density at radius 2 is 1.22 bits per heavy atom. The second kappa shape index (κ2) is 6.80. The second-order valence-corrected chi connectivity index (χ2v) is 9.43. The molecule has 168 valence electrons. The third kappa shape index (κ3) is 2.53. The number of nitrogens with one attached hydrogen (secondary N) is 1. The molecule has 0 radical (unpaired) electrons. The second-order valence-electron chi connectivity index (χ2n) is 9.43. The van der Waals surface area contributed by atoms with Gasteiger partial charge in [-0.2, -0.15) is 0 Å². The van der Waals surface area contributed by atoms with Crippen LogP contribution in [0.15, 0.2) is 102 Å². The number of aromatic amines is 1. The summed E-state index contributed by atoms with van der Waals surface area (Å²) in [5.74, 6) is -0.122. The topological polar surface area (TPSA) is 65.5 Å². The number of nitrogens with zero attached hydrogens (tertiary/aromatic N) is 1. The highest BCUT2D eigenvalue weighted by Gasteiger charge is 2.31. The molecule has 0 aliphatic carbocycles. The van der Waals surface area contributed by atoms with Crippen LogP contribution < -0.4 is 0 Å². The van der Waals surface area contributed by atoms with E-state index in [9.17, 15) is 9.90 Å². The summed E-state index contributed by atoms with van der Waals surface area (Å²) in [7, 11) is 0. The largest absolute Gasteiger partial charge is 0.505 e. The maximum atomic E-state index is 13.8. The van der Waals surface area contributed by atoms with Crippen LogP contribution in [0, 0.1) is 0 Å². The zero-order valence-corrected chi connectivity index (χ0v) is 19.0. The van der Waals surface area contributed by atoms with Crippen LogP contribution in [-0.4, -0.2) is 21.6 Å². The maximum absolute atomic E-state index is 13.8. The molecule has 0 saturated carbocycles. The van der Waals surface area contributed by atoms with Crippen molar-refractivity contribution in [1.29, 1.82) is 0 Å². The van der Waals surface area contributed by atoms with Crippen molar-refractivity contribution in [1.82, 2.24) is 4.98 Å². The van der Waals surface area contributed by atoms with E-state index < -0.39 is 0 Å². The molecule has 0 amide bonds. The Hall–Kier alpha value is -4.96. The quantitative estimate of drug-likeness (QED) is 0.244. The summed E-state index contributed by atoms with van der Waals surface area (Å²) < 4.78 is 0. The Kier molecular flexibility index (Phi) is 3.66. The molecule has 1 aliphatic rings. The van der Waals surface area contributed by atoms with E-state index in [2.05, 4.69) is 47.4 Å².